The first-order valence-electron chi connectivity index (χ1n) is 8.88. The van der Waals surface area contributed by atoms with Gasteiger partial charge in [-0.15, -0.1) is 11.8 Å². The van der Waals surface area contributed by atoms with Gasteiger partial charge in [-0.05, 0) is 36.4 Å². The summed E-state index contributed by atoms with van der Waals surface area (Å²) in [5.74, 6) is 1.10. The number of piperazine rings is 1. The van der Waals surface area contributed by atoms with Gasteiger partial charge < -0.3 is 14.5 Å². The van der Waals surface area contributed by atoms with E-state index in [4.69, 9.17) is 16.3 Å². The number of carbonyl (C=O) groups is 1. The van der Waals surface area contributed by atoms with Crippen LogP contribution in [0.15, 0.2) is 47.4 Å². The van der Waals surface area contributed by atoms with E-state index < -0.39 is 0 Å². The molecule has 1 heterocycles. The lowest BCUT2D eigenvalue weighted by Crippen LogP contribution is -3.13. The molecular weight excluding hydrogens is 387 g/mol. The molecule has 0 spiro atoms. The number of nitrogens with zero attached hydrogens (tertiary/aromatic N) is 1. The van der Waals surface area contributed by atoms with Crippen LogP contribution in [0.2, 0.25) is 5.02 Å². The largest absolute Gasteiger partial charge is 0.497 e. The molecule has 2 aromatic rings. The monoisotopic (exact) mass is 409 g/mol. The van der Waals surface area contributed by atoms with Gasteiger partial charge in [-0.3, -0.25) is 4.79 Å². The lowest BCUT2D eigenvalue weighted by Gasteiger charge is -2.32. The molecule has 0 unspecified atom stereocenters. The van der Waals surface area contributed by atoms with Crippen molar-refractivity contribution in [3.8, 4) is 5.75 Å². The first-order valence-corrected chi connectivity index (χ1v) is 10.2. The van der Waals surface area contributed by atoms with E-state index in [-0.39, 0.29) is 11.7 Å². The van der Waals surface area contributed by atoms with Crippen molar-refractivity contribution >= 4 is 29.3 Å². The zero-order chi connectivity index (χ0) is 19.2. The Morgan fingerprint density at radius 3 is 2.56 bits per heavy atom. The van der Waals surface area contributed by atoms with Gasteiger partial charge in [0.1, 0.15) is 18.1 Å². The maximum atomic E-state index is 13.9. The summed E-state index contributed by atoms with van der Waals surface area (Å²) in [4.78, 5) is 16.6. The second kappa shape index (κ2) is 9.44. The summed E-state index contributed by atoms with van der Waals surface area (Å²) in [6.45, 7) is 3.51. The molecule has 0 aliphatic carbocycles. The van der Waals surface area contributed by atoms with E-state index in [0.29, 0.717) is 36.0 Å². The number of rotatable bonds is 6. The third-order valence-corrected chi connectivity index (χ3v) is 6.08. The Balaban J connectivity index is 1.46. The Morgan fingerprint density at radius 1 is 1.22 bits per heavy atom. The van der Waals surface area contributed by atoms with Gasteiger partial charge in [0.25, 0.3) is 0 Å². The lowest BCUT2D eigenvalue weighted by molar-refractivity contribution is -0.917. The van der Waals surface area contributed by atoms with Crippen LogP contribution in [0.1, 0.15) is 5.56 Å². The first kappa shape index (κ1) is 20.0. The van der Waals surface area contributed by atoms with Gasteiger partial charge in [0.15, 0.2) is 0 Å². The van der Waals surface area contributed by atoms with Crippen molar-refractivity contribution in [2.24, 2.45) is 0 Å². The number of amides is 1. The number of nitrogens with one attached hydrogen (secondary N) is 1. The van der Waals surface area contributed by atoms with Gasteiger partial charge in [-0.1, -0.05) is 17.7 Å². The van der Waals surface area contributed by atoms with Crippen LogP contribution >= 0.6 is 23.4 Å². The number of benzene rings is 2. The van der Waals surface area contributed by atoms with E-state index in [1.54, 1.807) is 19.2 Å². The number of thioether (sulfide) groups is 1. The molecule has 4 nitrogen and oxygen atoms in total. The molecule has 0 bridgehead atoms. The molecule has 0 saturated carbocycles. The van der Waals surface area contributed by atoms with Crippen LogP contribution in [0, 0.1) is 5.82 Å². The summed E-state index contributed by atoms with van der Waals surface area (Å²) in [5, 5.41) is 0.469. The molecule has 7 heteroatoms. The van der Waals surface area contributed by atoms with Crippen molar-refractivity contribution in [3.05, 3.63) is 58.9 Å². The number of ether oxygens (including phenoxy) is 1. The van der Waals surface area contributed by atoms with Gasteiger partial charge in [-0.25, -0.2) is 4.39 Å². The average Bonchev–Trinajstić information content (AvgIpc) is 2.70. The fourth-order valence-electron chi connectivity index (χ4n) is 3.11. The Kier molecular flexibility index (Phi) is 6.99. The standard InChI is InChI=1S/C20H22ClFN2O2S/c1-26-15-5-7-16(8-6-15)27-14-20(25)24-11-9-23(10-12-24)13-17-18(21)3-2-4-19(17)22/h2-8H,9-14H2,1H3/p+1. The first-order chi connectivity index (χ1) is 13.1. The molecule has 3 rings (SSSR count). The summed E-state index contributed by atoms with van der Waals surface area (Å²) in [6.07, 6.45) is 0. The molecule has 1 aliphatic rings. The zero-order valence-corrected chi connectivity index (χ0v) is 16.8. The second-order valence-electron chi connectivity index (χ2n) is 6.47. The molecule has 1 amide bonds. The van der Waals surface area contributed by atoms with Crippen molar-refractivity contribution in [1.29, 1.82) is 0 Å². The molecule has 1 N–H and O–H groups in total. The van der Waals surface area contributed by atoms with Crippen LogP contribution in [-0.2, 0) is 11.3 Å². The molecule has 144 valence electrons. The maximum absolute atomic E-state index is 13.9. The van der Waals surface area contributed by atoms with E-state index in [9.17, 15) is 9.18 Å². The normalized spacial score (nSPS) is 15.0. The highest BCUT2D eigenvalue weighted by Gasteiger charge is 2.25. The van der Waals surface area contributed by atoms with E-state index in [2.05, 4.69) is 0 Å². The Hall–Kier alpha value is -1.76. The van der Waals surface area contributed by atoms with E-state index in [1.165, 1.54) is 22.7 Å². The number of quaternary nitrogens is 1. The maximum Gasteiger partial charge on any atom is 0.233 e. The van der Waals surface area contributed by atoms with Gasteiger partial charge >= 0.3 is 0 Å². The summed E-state index contributed by atoms with van der Waals surface area (Å²) in [5.41, 5.74) is 0.559. The number of hydrogen-bond donors (Lipinski definition) is 1. The fourth-order valence-corrected chi connectivity index (χ4v) is 4.14. The summed E-state index contributed by atoms with van der Waals surface area (Å²) in [7, 11) is 1.63. The topological polar surface area (TPSA) is 34.0 Å². The highest BCUT2D eigenvalue weighted by molar-refractivity contribution is 8.00. The lowest BCUT2D eigenvalue weighted by atomic mass is 10.2. The molecule has 0 atom stereocenters. The zero-order valence-electron chi connectivity index (χ0n) is 15.2. The summed E-state index contributed by atoms with van der Waals surface area (Å²) < 4.78 is 19.1. The van der Waals surface area contributed by atoms with E-state index >= 15 is 0 Å². The predicted molar refractivity (Wildman–Crippen MR) is 106 cm³/mol. The molecule has 1 aliphatic heterocycles. The van der Waals surface area contributed by atoms with Gasteiger partial charge in [0.05, 0.1) is 49.6 Å². The molecule has 1 saturated heterocycles. The second-order valence-corrected chi connectivity index (χ2v) is 7.93. The van der Waals surface area contributed by atoms with Crippen molar-refractivity contribution in [3.63, 3.8) is 0 Å². The molecule has 2 aromatic carbocycles. The van der Waals surface area contributed by atoms with Crippen LogP contribution in [0.3, 0.4) is 0 Å². The quantitative estimate of drug-likeness (QED) is 0.744. The molecule has 1 fully saturated rings. The smallest absolute Gasteiger partial charge is 0.233 e. The fraction of sp³-hybridized carbons (Fsp3) is 0.350. The van der Waals surface area contributed by atoms with Crippen molar-refractivity contribution in [1.82, 2.24) is 4.90 Å². The minimum Gasteiger partial charge on any atom is -0.497 e. The summed E-state index contributed by atoms with van der Waals surface area (Å²) >= 11 is 7.65. The molecule has 27 heavy (non-hydrogen) atoms. The third-order valence-electron chi connectivity index (χ3n) is 4.73. The van der Waals surface area contributed by atoms with E-state index in [0.717, 1.165) is 23.7 Å². The minimum atomic E-state index is -0.260. The van der Waals surface area contributed by atoms with Gasteiger partial charge in [0, 0.05) is 4.90 Å². The average molecular weight is 410 g/mol. The highest BCUT2D eigenvalue weighted by Crippen LogP contribution is 2.21. The number of hydrogen-bond acceptors (Lipinski definition) is 3. The van der Waals surface area contributed by atoms with Crippen LogP contribution in [0.4, 0.5) is 4.39 Å². The van der Waals surface area contributed by atoms with Crippen molar-refractivity contribution in [2.45, 2.75) is 11.4 Å². The third kappa shape index (κ3) is 5.37. The minimum absolute atomic E-state index is 0.138. The number of halogens is 2. The van der Waals surface area contributed by atoms with Crippen LogP contribution in [0.5, 0.6) is 5.75 Å². The van der Waals surface area contributed by atoms with Crippen molar-refractivity contribution < 1.29 is 18.8 Å². The van der Waals surface area contributed by atoms with Gasteiger partial charge in [-0.2, -0.15) is 0 Å². The Bertz CT molecular complexity index is 760. The van der Waals surface area contributed by atoms with Crippen LogP contribution < -0.4 is 9.64 Å². The van der Waals surface area contributed by atoms with Crippen LogP contribution in [0.25, 0.3) is 0 Å². The predicted octanol–water partition coefficient (Wildman–Crippen LogP) is 2.51. The molecule has 0 aromatic heterocycles. The number of methoxy groups -OCH3 is 1. The number of carbonyl (C=O) groups excluding carboxylic acids is 1. The Labute approximate surface area is 168 Å². The van der Waals surface area contributed by atoms with E-state index in [1.807, 2.05) is 29.2 Å². The molecule has 0 radical (unpaired) electrons. The Morgan fingerprint density at radius 2 is 1.93 bits per heavy atom. The highest BCUT2D eigenvalue weighted by atomic mass is 35.5. The SMILES string of the molecule is COc1ccc(SCC(=O)N2CC[NH+](Cc3c(F)cccc3Cl)CC2)cc1. The van der Waals surface area contributed by atoms with Gasteiger partial charge in [0.2, 0.25) is 5.91 Å². The van der Waals surface area contributed by atoms with Crippen LogP contribution in [-0.4, -0.2) is 49.8 Å². The van der Waals surface area contributed by atoms with Crippen molar-refractivity contribution in [2.75, 3.05) is 39.0 Å². The molecular formula is C20H23ClFN2O2S+. The summed E-state index contributed by atoms with van der Waals surface area (Å²) in [6, 6.07) is 12.5.